The van der Waals surface area contributed by atoms with Crippen LogP contribution >= 0.6 is 15.9 Å². The molecule has 106 valence electrons. The molecule has 0 fully saturated rings. The number of anilines is 1. The van der Waals surface area contributed by atoms with Crippen molar-refractivity contribution in [1.82, 2.24) is 19.4 Å². The summed E-state index contributed by atoms with van der Waals surface area (Å²) >= 11 is 3.48. The second kappa shape index (κ2) is 5.65. The summed E-state index contributed by atoms with van der Waals surface area (Å²) in [6.45, 7) is 0. The summed E-state index contributed by atoms with van der Waals surface area (Å²) in [5, 5.41) is 0. The molecule has 6 heteroatoms. The van der Waals surface area contributed by atoms with E-state index >= 15 is 0 Å². The molecule has 0 spiro atoms. The Morgan fingerprint density at radius 3 is 2.86 bits per heavy atom. The minimum Gasteiger partial charge on any atom is -0.347 e. The number of aromatic nitrogens is 4. The van der Waals surface area contributed by atoms with Crippen LogP contribution in [0.1, 0.15) is 11.4 Å². The predicted octanol–water partition coefficient (Wildman–Crippen LogP) is 3.12. The van der Waals surface area contributed by atoms with E-state index in [9.17, 15) is 0 Å². The van der Waals surface area contributed by atoms with Gasteiger partial charge in [0, 0.05) is 38.4 Å². The number of rotatable bonds is 3. The Kier molecular flexibility index (Phi) is 3.70. The maximum Gasteiger partial charge on any atom is 0.225 e. The highest BCUT2D eigenvalue weighted by Crippen LogP contribution is 2.19. The fourth-order valence-electron chi connectivity index (χ4n) is 1.97. The van der Waals surface area contributed by atoms with E-state index in [0.29, 0.717) is 5.95 Å². The molecular formula is C15H14BrN5. The highest BCUT2D eigenvalue weighted by Gasteiger charge is 2.04. The van der Waals surface area contributed by atoms with Gasteiger partial charge in [-0.25, -0.2) is 15.0 Å². The zero-order chi connectivity index (χ0) is 14.8. The second-order valence-corrected chi connectivity index (χ2v) is 5.59. The first-order valence-corrected chi connectivity index (χ1v) is 7.24. The van der Waals surface area contributed by atoms with E-state index in [4.69, 9.17) is 0 Å². The van der Waals surface area contributed by atoms with E-state index < -0.39 is 0 Å². The minimum atomic E-state index is 0.679. The van der Waals surface area contributed by atoms with Crippen molar-refractivity contribution >= 4 is 39.7 Å². The number of fused-ring (bicyclic) bond motifs is 1. The quantitative estimate of drug-likeness (QED) is 0.732. The van der Waals surface area contributed by atoms with Gasteiger partial charge in [0.05, 0.1) is 10.2 Å². The molecule has 0 unspecified atom stereocenters. The van der Waals surface area contributed by atoms with Crippen LogP contribution in [0.25, 0.3) is 17.8 Å². The van der Waals surface area contributed by atoms with E-state index in [0.717, 1.165) is 21.5 Å². The van der Waals surface area contributed by atoms with Gasteiger partial charge in [-0.1, -0.05) is 6.07 Å². The number of pyridine rings is 1. The van der Waals surface area contributed by atoms with Gasteiger partial charge in [0.25, 0.3) is 0 Å². The summed E-state index contributed by atoms with van der Waals surface area (Å²) in [4.78, 5) is 14.9. The monoisotopic (exact) mass is 343 g/mol. The van der Waals surface area contributed by atoms with Gasteiger partial charge in [0.1, 0.15) is 5.65 Å². The third kappa shape index (κ3) is 2.80. The molecule has 0 aliphatic rings. The topological polar surface area (TPSA) is 46.3 Å². The Morgan fingerprint density at radius 1 is 1.19 bits per heavy atom. The summed E-state index contributed by atoms with van der Waals surface area (Å²) in [5.41, 5.74) is 2.81. The Morgan fingerprint density at radius 2 is 2.05 bits per heavy atom. The third-order valence-electron chi connectivity index (χ3n) is 3.03. The van der Waals surface area contributed by atoms with Crippen molar-refractivity contribution in [2.45, 2.75) is 0 Å². The average molecular weight is 344 g/mol. The normalized spacial score (nSPS) is 11.4. The van der Waals surface area contributed by atoms with Crippen LogP contribution in [0.3, 0.4) is 0 Å². The number of halogens is 1. The molecular weight excluding hydrogens is 330 g/mol. The molecule has 3 rings (SSSR count). The molecule has 0 N–H and O–H groups in total. The minimum absolute atomic E-state index is 0.679. The van der Waals surface area contributed by atoms with Crippen LogP contribution < -0.4 is 4.90 Å². The van der Waals surface area contributed by atoms with Crippen molar-refractivity contribution in [2.24, 2.45) is 0 Å². The lowest BCUT2D eigenvalue weighted by molar-refractivity contribution is 0.988. The smallest absolute Gasteiger partial charge is 0.225 e. The maximum absolute atomic E-state index is 4.51. The Labute approximate surface area is 131 Å². The van der Waals surface area contributed by atoms with Gasteiger partial charge in [-0.05, 0) is 40.2 Å². The van der Waals surface area contributed by atoms with E-state index in [1.54, 1.807) is 12.4 Å². The maximum atomic E-state index is 4.51. The second-order valence-electron chi connectivity index (χ2n) is 4.74. The summed E-state index contributed by atoms with van der Waals surface area (Å²) < 4.78 is 2.89. The van der Waals surface area contributed by atoms with Crippen molar-refractivity contribution in [2.75, 3.05) is 19.0 Å². The van der Waals surface area contributed by atoms with Crippen molar-refractivity contribution in [1.29, 1.82) is 0 Å². The van der Waals surface area contributed by atoms with Crippen LogP contribution in [0.5, 0.6) is 0 Å². The Hall–Kier alpha value is -2.21. The highest BCUT2D eigenvalue weighted by atomic mass is 79.9. The van der Waals surface area contributed by atoms with Crippen LogP contribution in [0, 0.1) is 0 Å². The molecule has 0 amide bonds. The van der Waals surface area contributed by atoms with Crippen LogP contribution in [-0.2, 0) is 0 Å². The zero-order valence-electron chi connectivity index (χ0n) is 11.7. The molecule has 21 heavy (non-hydrogen) atoms. The van der Waals surface area contributed by atoms with Gasteiger partial charge in [0.2, 0.25) is 5.95 Å². The van der Waals surface area contributed by atoms with Gasteiger partial charge in [-0.3, -0.25) is 0 Å². The first kappa shape index (κ1) is 13.8. The number of imidazole rings is 1. The Bertz CT molecular complexity index is 807. The van der Waals surface area contributed by atoms with Crippen molar-refractivity contribution in [3.05, 3.63) is 52.7 Å². The van der Waals surface area contributed by atoms with E-state index in [1.165, 1.54) is 0 Å². The SMILES string of the molecule is CN(C)c1ncc(Br)c(/C=C/c2cccc3nccn23)n1. The molecule has 0 atom stereocenters. The van der Waals surface area contributed by atoms with Crippen LogP contribution in [-0.4, -0.2) is 33.4 Å². The van der Waals surface area contributed by atoms with Crippen LogP contribution in [0.2, 0.25) is 0 Å². The molecule has 3 aromatic heterocycles. The number of nitrogens with zero attached hydrogens (tertiary/aromatic N) is 5. The fourth-order valence-corrected chi connectivity index (χ4v) is 2.30. The molecule has 3 heterocycles. The molecule has 0 bridgehead atoms. The predicted molar refractivity (Wildman–Crippen MR) is 88.2 cm³/mol. The zero-order valence-corrected chi connectivity index (χ0v) is 13.3. The molecule has 0 radical (unpaired) electrons. The molecule has 3 aromatic rings. The summed E-state index contributed by atoms with van der Waals surface area (Å²) in [5.74, 6) is 0.679. The summed E-state index contributed by atoms with van der Waals surface area (Å²) in [6, 6.07) is 6.00. The molecule has 5 nitrogen and oxygen atoms in total. The summed E-state index contributed by atoms with van der Waals surface area (Å²) in [7, 11) is 3.84. The van der Waals surface area contributed by atoms with E-state index in [-0.39, 0.29) is 0 Å². The largest absolute Gasteiger partial charge is 0.347 e. The first-order chi connectivity index (χ1) is 10.1. The standard InChI is InChI=1S/C15H14BrN5/c1-20(2)15-18-10-12(16)13(19-15)7-6-11-4-3-5-14-17-8-9-21(11)14/h3-10H,1-2H3/b7-6+. The molecule has 0 saturated heterocycles. The third-order valence-corrected chi connectivity index (χ3v) is 3.64. The molecule has 0 aromatic carbocycles. The number of hydrogen-bond acceptors (Lipinski definition) is 4. The average Bonchev–Trinajstić information content (AvgIpc) is 2.95. The lowest BCUT2D eigenvalue weighted by atomic mass is 10.3. The lowest BCUT2D eigenvalue weighted by Crippen LogP contribution is -2.13. The van der Waals surface area contributed by atoms with Gasteiger partial charge < -0.3 is 9.30 Å². The summed E-state index contributed by atoms with van der Waals surface area (Å²) in [6.07, 6.45) is 9.47. The molecule has 0 aliphatic carbocycles. The van der Waals surface area contributed by atoms with Crippen molar-refractivity contribution in [3.8, 4) is 0 Å². The van der Waals surface area contributed by atoms with Crippen molar-refractivity contribution in [3.63, 3.8) is 0 Å². The Balaban J connectivity index is 1.99. The number of hydrogen-bond donors (Lipinski definition) is 0. The van der Waals surface area contributed by atoms with Crippen LogP contribution in [0.4, 0.5) is 5.95 Å². The van der Waals surface area contributed by atoms with Gasteiger partial charge in [0.15, 0.2) is 0 Å². The highest BCUT2D eigenvalue weighted by molar-refractivity contribution is 9.10. The molecule has 0 saturated carbocycles. The van der Waals surface area contributed by atoms with E-state index in [1.807, 2.05) is 59.9 Å². The van der Waals surface area contributed by atoms with Crippen LogP contribution in [0.15, 0.2) is 41.3 Å². The fraction of sp³-hybridized carbons (Fsp3) is 0.133. The van der Waals surface area contributed by atoms with E-state index in [2.05, 4.69) is 30.9 Å². The molecule has 0 aliphatic heterocycles. The first-order valence-electron chi connectivity index (χ1n) is 6.45. The van der Waals surface area contributed by atoms with Gasteiger partial charge >= 0.3 is 0 Å². The van der Waals surface area contributed by atoms with Gasteiger partial charge in [-0.15, -0.1) is 0 Å². The van der Waals surface area contributed by atoms with Crippen molar-refractivity contribution < 1.29 is 0 Å². The lowest BCUT2D eigenvalue weighted by Gasteiger charge is -2.10. The van der Waals surface area contributed by atoms with Gasteiger partial charge in [-0.2, -0.15) is 0 Å².